The van der Waals surface area contributed by atoms with Gasteiger partial charge in [-0.1, -0.05) is 146 Å². The van der Waals surface area contributed by atoms with Crippen LogP contribution in [0.25, 0.3) is 44.8 Å². The zero-order valence-electron chi connectivity index (χ0n) is 28.9. The molecule has 3 heterocycles. The fourth-order valence-corrected chi connectivity index (χ4v) is 11.8. The Hall–Kier alpha value is -6.35. The molecule has 53 heavy (non-hydrogen) atoms. The predicted molar refractivity (Wildman–Crippen MR) is 219 cm³/mol. The highest BCUT2D eigenvalue weighted by Crippen LogP contribution is 2.72. The molecule has 0 N–H and O–H groups in total. The minimum atomic E-state index is -3.11. The minimum Gasteiger partial charge on any atom is -0.313 e. The Morgan fingerprint density at radius 3 is 1.75 bits per heavy atom. The molecule has 1 aromatic heterocycles. The molecule has 1 aliphatic carbocycles. The van der Waals surface area contributed by atoms with E-state index < -0.39 is 7.14 Å². The third-order valence-corrected chi connectivity index (χ3v) is 14.1. The van der Waals surface area contributed by atoms with Crippen molar-refractivity contribution in [3.63, 3.8) is 0 Å². The molecule has 0 saturated carbocycles. The van der Waals surface area contributed by atoms with Gasteiger partial charge < -0.3 is 9.46 Å². The Morgan fingerprint density at radius 1 is 0.547 bits per heavy atom. The molecule has 252 valence electrons. The molecule has 2 aliphatic heterocycles. The van der Waals surface area contributed by atoms with Crippen LogP contribution in [0.1, 0.15) is 23.1 Å². The summed E-state index contributed by atoms with van der Waals surface area (Å²) < 4.78 is 16.0. The molecule has 7 aromatic rings. The molecule has 2 unspecified atom stereocenters. The van der Waals surface area contributed by atoms with E-state index in [0.29, 0.717) is 5.82 Å². The Kier molecular flexibility index (Phi) is 7.52. The van der Waals surface area contributed by atoms with Crippen molar-refractivity contribution in [2.45, 2.75) is 12.1 Å². The second-order valence-corrected chi connectivity index (χ2v) is 16.5. The van der Waals surface area contributed by atoms with Crippen LogP contribution >= 0.6 is 7.14 Å². The summed E-state index contributed by atoms with van der Waals surface area (Å²) in [6.07, 6.45) is 9.17. The third kappa shape index (κ3) is 5.10. The zero-order chi connectivity index (χ0) is 35.4. The first-order valence-corrected chi connectivity index (χ1v) is 19.8. The van der Waals surface area contributed by atoms with Crippen LogP contribution in [0.5, 0.6) is 0 Å². The van der Waals surface area contributed by atoms with E-state index in [9.17, 15) is 0 Å². The number of anilines is 3. The highest BCUT2D eigenvalue weighted by molar-refractivity contribution is 7.83. The van der Waals surface area contributed by atoms with Crippen molar-refractivity contribution in [3.05, 3.63) is 205 Å². The molecular weight excluding hydrogens is 666 g/mol. The van der Waals surface area contributed by atoms with Gasteiger partial charge in [-0.2, -0.15) is 0 Å². The lowest BCUT2D eigenvalue weighted by Gasteiger charge is -2.30. The van der Waals surface area contributed by atoms with Crippen LogP contribution < -0.4 is 10.2 Å². The molecule has 0 radical (unpaired) electrons. The summed E-state index contributed by atoms with van der Waals surface area (Å²) in [4.78, 5) is 12.5. The lowest BCUT2D eigenvalue weighted by atomic mass is 9.95. The Balaban J connectivity index is 1.14. The van der Waals surface area contributed by atoms with Gasteiger partial charge in [0.05, 0.1) is 22.8 Å². The van der Waals surface area contributed by atoms with Gasteiger partial charge in [-0.25, -0.2) is 9.97 Å². The molecule has 5 heteroatoms. The summed E-state index contributed by atoms with van der Waals surface area (Å²) in [6, 6.07) is 56.5. The molecule has 0 spiro atoms. The SMILES string of the molecule is O=P1(C2C=CC=CC2)C2=C(c3ccccc3N(c3ccc(-c4nc(-c5ccccc5)cc(-c5ccccc5)n4)cc3)c3ccccc32)c2ccccc21. The number of aromatic nitrogens is 2. The van der Waals surface area contributed by atoms with Crippen LogP contribution in [0.3, 0.4) is 0 Å². The van der Waals surface area contributed by atoms with Crippen molar-refractivity contribution in [2.75, 3.05) is 4.90 Å². The Bertz CT molecular complexity index is 2620. The van der Waals surface area contributed by atoms with Gasteiger partial charge in [0.15, 0.2) is 13.0 Å². The van der Waals surface area contributed by atoms with Crippen molar-refractivity contribution >= 4 is 40.4 Å². The van der Waals surface area contributed by atoms with E-state index in [0.717, 1.165) is 84.4 Å². The van der Waals surface area contributed by atoms with Crippen molar-refractivity contribution in [1.82, 2.24) is 9.97 Å². The summed E-state index contributed by atoms with van der Waals surface area (Å²) >= 11 is 0. The number of nitrogens with zero attached hydrogens (tertiary/aromatic N) is 3. The van der Waals surface area contributed by atoms with Gasteiger partial charge in [0, 0.05) is 55.4 Å². The van der Waals surface area contributed by atoms with Crippen molar-refractivity contribution in [3.8, 4) is 33.9 Å². The van der Waals surface area contributed by atoms with Crippen LogP contribution in [-0.2, 0) is 4.57 Å². The van der Waals surface area contributed by atoms with Crippen LogP contribution in [-0.4, -0.2) is 15.6 Å². The van der Waals surface area contributed by atoms with Crippen LogP contribution in [0.2, 0.25) is 0 Å². The van der Waals surface area contributed by atoms with Gasteiger partial charge in [0.1, 0.15) is 0 Å². The van der Waals surface area contributed by atoms with Crippen LogP contribution in [0.4, 0.5) is 17.1 Å². The molecule has 0 fully saturated rings. The number of hydrogen-bond donors (Lipinski definition) is 0. The van der Waals surface area contributed by atoms with E-state index in [1.165, 1.54) is 0 Å². The number of allylic oxidation sites excluding steroid dienone is 4. The number of para-hydroxylation sites is 2. The molecule has 0 amide bonds. The molecule has 6 aromatic carbocycles. The molecule has 10 rings (SSSR count). The van der Waals surface area contributed by atoms with Crippen molar-refractivity contribution in [2.24, 2.45) is 0 Å². The van der Waals surface area contributed by atoms with Gasteiger partial charge in [-0.3, -0.25) is 0 Å². The van der Waals surface area contributed by atoms with Gasteiger partial charge >= 0.3 is 0 Å². The van der Waals surface area contributed by atoms with Gasteiger partial charge in [0.25, 0.3) is 0 Å². The molecule has 4 nitrogen and oxygen atoms in total. The predicted octanol–water partition coefficient (Wildman–Crippen LogP) is 12.1. The fraction of sp³-hybridized carbons (Fsp3) is 0.0417. The Morgan fingerprint density at radius 2 is 1.11 bits per heavy atom. The van der Waals surface area contributed by atoms with E-state index in [1.807, 2.05) is 42.5 Å². The molecule has 2 atom stereocenters. The number of rotatable bonds is 5. The maximum Gasteiger partial charge on any atom is 0.160 e. The molecule has 0 saturated heterocycles. The molecule has 0 bridgehead atoms. The average molecular weight is 700 g/mol. The van der Waals surface area contributed by atoms with E-state index in [4.69, 9.17) is 9.97 Å². The highest BCUT2D eigenvalue weighted by Gasteiger charge is 2.48. The van der Waals surface area contributed by atoms with E-state index in [2.05, 4.69) is 151 Å². The number of fused-ring (bicyclic) bond motifs is 6. The first-order valence-electron chi connectivity index (χ1n) is 18.1. The standard InChI is InChI=1S/C48H34N3OP/c52-53(37-20-8-3-9-21-37)45-27-15-12-24-40(45)46-38-22-10-13-25-43(38)51(44-26-14-11-23-39(44)47(46)53)36-30-28-35(29-31-36)48-49-41(33-16-4-1-5-17-33)32-42(50-48)34-18-6-2-7-19-34/h1-20,22-32,37H,21H2. The van der Waals surface area contributed by atoms with Crippen molar-refractivity contribution in [1.29, 1.82) is 0 Å². The van der Waals surface area contributed by atoms with Gasteiger partial charge in [-0.15, -0.1) is 0 Å². The summed E-state index contributed by atoms with van der Waals surface area (Å²) in [6.45, 7) is 0. The normalized spacial score (nSPS) is 18.2. The zero-order valence-corrected chi connectivity index (χ0v) is 29.8. The summed E-state index contributed by atoms with van der Waals surface area (Å²) in [7, 11) is -3.11. The monoisotopic (exact) mass is 699 g/mol. The lowest BCUT2D eigenvalue weighted by molar-refractivity contribution is 0.583. The summed E-state index contributed by atoms with van der Waals surface area (Å²) in [5.74, 6) is 0.668. The van der Waals surface area contributed by atoms with E-state index in [1.54, 1.807) is 0 Å². The van der Waals surface area contributed by atoms with E-state index >= 15 is 4.57 Å². The second kappa shape index (κ2) is 12.7. The van der Waals surface area contributed by atoms with Crippen LogP contribution in [0, 0.1) is 0 Å². The quantitative estimate of drug-likeness (QED) is 0.168. The summed E-state index contributed by atoms with van der Waals surface area (Å²) in [5, 5.41) is 1.93. The third-order valence-electron chi connectivity index (χ3n) is 10.6. The van der Waals surface area contributed by atoms with Gasteiger partial charge in [-0.05, 0) is 54.4 Å². The average Bonchev–Trinajstić information content (AvgIpc) is 3.43. The van der Waals surface area contributed by atoms with E-state index in [-0.39, 0.29) is 5.66 Å². The maximum atomic E-state index is 16.0. The van der Waals surface area contributed by atoms with Crippen LogP contribution in [0.15, 0.2) is 188 Å². The first-order chi connectivity index (χ1) is 26.2. The number of hydrogen-bond acceptors (Lipinski definition) is 4. The van der Waals surface area contributed by atoms with Crippen molar-refractivity contribution < 1.29 is 4.57 Å². The smallest absolute Gasteiger partial charge is 0.160 e. The highest BCUT2D eigenvalue weighted by atomic mass is 31.2. The first kappa shape index (κ1) is 31.4. The van der Waals surface area contributed by atoms with Gasteiger partial charge in [0.2, 0.25) is 0 Å². The maximum absolute atomic E-state index is 16.0. The minimum absolute atomic E-state index is 0.111. The number of benzene rings is 6. The molecule has 3 aliphatic rings. The fourth-order valence-electron chi connectivity index (χ4n) is 8.16. The summed E-state index contributed by atoms with van der Waals surface area (Å²) in [5.41, 5.74) is 12.0. The largest absolute Gasteiger partial charge is 0.313 e. The second-order valence-electron chi connectivity index (χ2n) is 13.6. The lowest BCUT2D eigenvalue weighted by Crippen LogP contribution is -2.18. The Labute approximate surface area is 309 Å². The topological polar surface area (TPSA) is 46.1 Å². The molecular formula is C48H34N3OP.